The average Bonchev–Trinajstić information content (AvgIpc) is 2.34. The lowest BCUT2D eigenvalue weighted by Gasteiger charge is -2.05. The van der Waals surface area contributed by atoms with E-state index in [2.05, 4.69) is 5.32 Å². The fourth-order valence-electron chi connectivity index (χ4n) is 1.21. The van der Waals surface area contributed by atoms with Crippen molar-refractivity contribution in [1.82, 2.24) is 5.32 Å². The van der Waals surface area contributed by atoms with Crippen LogP contribution in [0.25, 0.3) is 0 Å². The highest BCUT2D eigenvalue weighted by Crippen LogP contribution is 2.09. The van der Waals surface area contributed by atoms with Crippen molar-refractivity contribution in [3.05, 3.63) is 34.9 Å². The van der Waals surface area contributed by atoms with E-state index in [9.17, 15) is 4.79 Å². The van der Waals surface area contributed by atoms with Gasteiger partial charge < -0.3 is 10.4 Å². The molecular weight excluding hydrogens is 258 g/mol. The Morgan fingerprint density at radius 2 is 2.00 bits per heavy atom. The first-order valence-electron chi connectivity index (χ1n) is 5.46. The molecule has 0 unspecified atom stereocenters. The topological polar surface area (TPSA) is 49.3 Å². The molecule has 1 aromatic carbocycles. The van der Waals surface area contributed by atoms with Gasteiger partial charge in [-0.2, -0.15) is 11.8 Å². The molecule has 0 heterocycles. The highest BCUT2D eigenvalue weighted by atomic mass is 35.5. The SMILES string of the molecule is O=C(NCCSCCCO)c1ccc(Cl)cc1. The van der Waals surface area contributed by atoms with Gasteiger partial charge in [0.2, 0.25) is 0 Å². The Bertz CT molecular complexity index is 343. The molecule has 0 bridgehead atoms. The maximum Gasteiger partial charge on any atom is 0.251 e. The van der Waals surface area contributed by atoms with Crippen molar-refractivity contribution in [1.29, 1.82) is 0 Å². The number of thioether (sulfide) groups is 1. The standard InChI is InChI=1S/C12H16ClNO2S/c13-11-4-2-10(3-5-11)12(16)14-6-9-17-8-1-7-15/h2-5,15H,1,6-9H2,(H,14,16). The monoisotopic (exact) mass is 273 g/mol. The summed E-state index contributed by atoms with van der Waals surface area (Å²) in [6, 6.07) is 6.81. The minimum absolute atomic E-state index is 0.0792. The van der Waals surface area contributed by atoms with Gasteiger partial charge in [-0.3, -0.25) is 4.79 Å². The van der Waals surface area contributed by atoms with E-state index in [0.717, 1.165) is 17.9 Å². The van der Waals surface area contributed by atoms with Crippen LogP contribution in [0.4, 0.5) is 0 Å². The first kappa shape index (κ1) is 14.4. The van der Waals surface area contributed by atoms with Gasteiger partial charge >= 0.3 is 0 Å². The van der Waals surface area contributed by atoms with Crippen LogP contribution in [0.1, 0.15) is 16.8 Å². The van der Waals surface area contributed by atoms with Crippen LogP contribution >= 0.6 is 23.4 Å². The maximum absolute atomic E-state index is 11.6. The van der Waals surface area contributed by atoms with Gasteiger partial charge in [0.1, 0.15) is 0 Å². The molecule has 17 heavy (non-hydrogen) atoms. The molecule has 0 aliphatic carbocycles. The van der Waals surface area contributed by atoms with E-state index in [0.29, 0.717) is 17.1 Å². The van der Waals surface area contributed by atoms with E-state index in [-0.39, 0.29) is 12.5 Å². The summed E-state index contributed by atoms with van der Waals surface area (Å²) in [5, 5.41) is 12.0. The number of nitrogens with one attached hydrogen (secondary N) is 1. The summed E-state index contributed by atoms with van der Waals surface area (Å²) < 4.78 is 0. The molecule has 1 amide bonds. The van der Waals surface area contributed by atoms with Crippen molar-refractivity contribution in [3.63, 3.8) is 0 Å². The Balaban J connectivity index is 2.19. The molecule has 5 heteroatoms. The Morgan fingerprint density at radius 3 is 2.65 bits per heavy atom. The van der Waals surface area contributed by atoms with Gasteiger partial charge in [0.25, 0.3) is 5.91 Å². The number of amides is 1. The lowest BCUT2D eigenvalue weighted by Crippen LogP contribution is -2.25. The molecule has 3 nitrogen and oxygen atoms in total. The molecule has 1 rings (SSSR count). The molecule has 0 saturated heterocycles. The summed E-state index contributed by atoms with van der Waals surface area (Å²) >= 11 is 7.46. The van der Waals surface area contributed by atoms with E-state index >= 15 is 0 Å². The summed E-state index contributed by atoms with van der Waals surface area (Å²) in [7, 11) is 0. The van der Waals surface area contributed by atoms with E-state index in [1.807, 2.05) is 0 Å². The van der Waals surface area contributed by atoms with Gasteiger partial charge in [-0.1, -0.05) is 11.6 Å². The van der Waals surface area contributed by atoms with Crippen LogP contribution in [0.2, 0.25) is 5.02 Å². The zero-order valence-electron chi connectivity index (χ0n) is 9.49. The first-order chi connectivity index (χ1) is 8.24. The third kappa shape index (κ3) is 5.96. The maximum atomic E-state index is 11.6. The smallest absolute Gasteiger partial charge is 0.251 e. The molecule has 0 radical (unpaired) electrons. The predicted octanol–water partition coefficient (Wildman–Crippen LogP) is 2.19. The van der Waals surface area contributed by atoms with Crippen molar-refractivity contribution >= 4 is 29.3 Å². The zero-order chi connectivity index (χ0) is 12.5. The van der Waals surface area contributed by atoms with Crippen molar-refractivity contribution in [2.24, 2.45) is 0 Å². The predicted molar refractivity (Wildman–Crippen MR) is 72.8 cm³/mol. The van der Waals surface area contributed by atoms with Crippen molar-refractivity contribution in [2.45, 2.75) is 6.42 Å². The molecule has 0 saturated carbocycles. The van der Waals surface area contributed by atoms with Crippen LogP contribution in [0.3, 0.4) is 0 Å². The largest absolute Gasteiger partial charge is 0.396 e. The van der Waals surface area contributed by atoms with Crippen LogP contribution < -0.4 is 5.32 Å². The fraction of sp³-hybridized carbons (Fsp3) is 0.417. The summed E-state index contributed by atoms with van der Waals surface area (Å²) in [5.74, 6) is 1.71. The van der Waals surface area contributed by atoms with Crippen LogP contribution in [-0.4, -0.2) is 35.7 Å². The number of hydrogen-bond acceptors (Lipinski definition) is 3. The van der Waals surface area contributed by atoms with E-state index in [1.54, 1.807) is 36.0 Å². The minimum atomic E-state index is -0.0792. The van der Waals surface area contributed by atoms with E-state index in [4.69, 9.17) is 16.7 Å². The molecule has 0 spiro atoms. The molecule has 0 fully saturated rings. The molecule has 94 valence electrons. The Labute approximate surface area is 111 Å². The number of carbonyl (C=O) groups excluding carboxylic acids is 1. The number of rotatable bonds is 7. The molecule has 0 aliphatic heterocycles. The van der Waals surface area contributed by atoms with Gasteiger partial charge in [0.05, 0.1) is 0 Å². The van der Waals surface area contributed by atoms with E-state index in [1.165, 1.54) is 0 Å². The number of hydrogen-bond donors (Lipinski definition) is 2. The molecule has 1 aromatic rings. The quantitative estimate of drug-likeness (QED) is 0.749. The zero-order valence-corrected chi connectivity index (χ0v) is 11.1. The van der Waals surface area contributed by atoms with E-state index < -0.39 is 0 Å². The van der Waals surface area contributed by atoms with Gasteiger partial charge in [-0.25, -0.2) is 0 Å². The number of carbonyl (C=O) groups is 1. The van der Waals surface area contributed by atoms with Gasteiger partial charge in [-0.05, 0) is 36.4 Å². The molecular formula is C12H16ClNO2S. The second kappa shape index (κ2) is 8.39. The minimum Gasteiger partial charge on any atom is -0.396 e. The second-order valence-electron chi connectivity index (χ2n) is 3.45. The van der Waals surface area contributed by atoms with Crippen molar-refractivity contribution in [3.8, 4) is 0 Å². The number of aliphatic hydroxyl groups excluding tert-OH is 1. The molecule has 2 N–H and O–H groups in total. The van der Waals surface area contributed by atoms with Crippen LogP contribution in [0.5, 0.6) is 0 Å². The lowest BCUT2D eigenvalue weighted by molar-refractivity contribution is 0.0956. The lowest BCUT2D eigenvalue weighted by atomic mass is 10.2. The van der Waals surface area contributed by atoms with Crippen molar-refractivity contribution in [2.75, 3.05) is 24.7 Å². The number of halogens is 1. The number of aliphatic hydroxyl groups is 1. The van der Waals surface area contributed by atoms with Gasteiger partial charge in [0, 0.05) is 29.5 Å². The molecule has 0 aliphatic rings. The fourth-order valence-corrected chi connectivity index (χ4v) is 2.12. The average molecular weight is 274 g/mol. The Morgan fingerprint density at radius 1 is 1.29 bits per heavy atom. The normalized spacial score (nSPS) is 10.2. The summed E-state index contributed by atoms with van der Waals surface area (Å²) in [5.41, 5.74) is 0.620. The summed E-state index contributed by atoms with van der Waals surface area (Å²) in [6.45, 7) is 0.863. The Kier molecular flexibility index (Phi) is 7.08. The van der Waals surface area contributed by atoms with Crippen molar-refractivity contribution < 1.29 is 9.90 Å². The molecule has 0 aromatic heterocycles. The third-order valence-corrected chi connectivity index (χ3v) is 3.41. The number of benzene rings is 1. The van der Waals surface area contributed by atoms with Crippen LogP contribution in [-0.2, 0) is 0 Å². The van der Waals surface area contributed by atoms with Crippen LogP contribution in [0, 0.1) is 0 Å². The first-order valence-corrected chi connectivity index (χ1v) is 6.99. The third-order valence-electron chi connectivity index (χ3n) is 2.09. The molecule has 0 atom stereocenters. The Hall–Kier alpha value is -0.710. The van der Waals surface area contributed by atoms with Gasteiger partial charge in [0.15, 0.2) is 0 Å². The highest BCUT2D eigenvalue weighted by Gasteiger charge is 2.03. The second-order valence-corrected chi connectivity index (χ2v) is 5.11. The summed E-state index contributed by atoms with van der Waals surface area (Å²) in [4.78, 5) is 11.6. The van der Waals surface area contributed by atoms with Crippen LogP contribution in [0.15, 0.2) is 24.3 Å². The summed E-state index contributed by atoms with van der Waals surface area (Å²) in [6.07, 6.45) is 0.801. The van der Waals surface area contributed by atoms with Gasteiger partial charge in [-0.15, -0.1) is 0 Å². The highest BCUT2D eigenvalue weighted by molar-refractivity contribution is 7.99.